The number of hydrogen-bond acceptors (Lipinski definition) is 11. The molecule has 11 heteroatoms. The van der Waals surface area contributed by atoms with E-state index in [1.54, 1.807) is 0 Å². The normalized spacial score (nSPS) is 33.4. The summed E-state index contributed by atoms with van der Waals surface area (Å²) in [7, 11) is 0. The Morgan fingerprint density at radius 1 is 1.06 bits per heavy atom. The molecule has 1 fully saturated rings. The van der Waals surface area contributed by atoms with Crippen LogP contribution in [0.5, 0.6) is 28.7 Å². The molecule has 0 aliphatic carbocycles. The van der Waals surface area contributed by atoms with Crippen molar-refractivity contribution >= 4 is 5.97 Å². The Balaban J connectivity index is 1.67. The first-order valence-electron chi connectivity index (χ1n) is 9.78. The Morgan fingerprint density at radius 3 is 2.44 bits per heavy atom. The molecule has 6 atom stereocenters. The summed E-state index contributed by atoms with van der Waals surface area (Å²) in [6.07, 6.45) is -5.57. The van der Waals surface area contributed by atoms with Crippen molar-refractivity contribution in [1.82, 2.24) is 0 Å². The lowest BCUT2D eigenvalue weighted by atomic mass is 9.82. The summed E-state index contributed by atoms with van der Waals surface area (Å²) in [5, 5.41) is 72.8. The number of hydrogen-bond donors (Lipinski definition) is 7. The summed E-state index contributed by atoms with van der Waals surface area (Å²) in [6.45, 7) is 1.24. The molecule has 3 heterocycles. The molecular formula is C21H20O11. The fraction of sp³-hybridized carbons (Fsp3) is 0.381. The lowest BCUT2D eigenvalue weighted by Gasteiger charge is -2.34. The summed E-state index contributed by atoms with van der Waals surface area (Å²) in [5.74, 6) is -5.69. The van der Waals surface area contributed by atoms with Crippen LogP contribution in [-0.4, -0.2) is 65.8 Å². The molecule has 11 nitrogen and oxygen atoms in total. The van der Waals surface area contributed by atoms with Crippen LogP contribution in [0.4, 0.5) is 0 Å². The number of carbonyl (C=O) groups excluding carboxylic acids is 1. The van der Waals surface area contributed by atoms with Crippen LogP contribution in [-0.2, 0) is 21.6 Å². The van der Waals surface area contributed by atoms with E-state index in [-0.39, 0.29) is 46.1 Å². The van der Waals surface area contributed by atoms with Gasteiger partial charge in [0.2, 0.25) is 0 Å². The number of benzene rings is 2. The summed E-state index contributed by atoms with van der Waals surface area (Å²) in [5.41, 5.74) is -2.80. The van der Waals surface area contributed by atoms with Crippen molar-refractivity contribution < 1.29 is 54.8 Å². The highest BCUT2D eigenvalue weighted by molar-refractivity contribution is 5.90. The second-order valence-corrected chi connectivity index (χ2v) is 8.21. The molecule has 2 aromatic carbocycles. The summed E-state index contributed by atoms with van der Waals surface area (Å²) in [4.78, 5) is 12.7. The van der Waals surface area contributed by atoms with E-state index in [1.165, 1.54) is 25.1 Å². The van der Waals surface area contributed by atoms with Gasteiger partial charge in [-0.15, -0.1) is 0 Å². The van der Waals surface area contributed by atoms with Gasteiger partial charge in [0.25, 0.3) is 11.4 Å². The SMILES string of the molecule is C[C@H](O)[C@@H]1OC(=O)C2(O)c3c(cc(O)c4c3O[C@H](c3ccc(O)c(O)c3)[C@H](O)C4)OC12O. The Labute approximate surface area is 180 Å². The number of carbonyl (C=O) groups is 1. The number of aliphatic hydroxyl groups excluding tert-OH is 2. The van der Waals surface area contributed by atoms with E-state index in [0.717, 1.165) is 6.07 Å². The van der Waals surface area contributed by atoms with Gasteiger partial charge in [-0.25, -0.2) is 4.79 Å². The smallest absolute Gasteiger partial charge is 0.351 e. The molecule has 7 N–H and O–H groups in total. The van der Waals surface area contributed by atoms with Crippen molar-refractivity contribution in [1.29, 1.82) is 0 Å². The lowest BCUT2D eigenvalue weighted by Crippen LogP contribution is -2.58. The van der Waals surface area contributed by atoms with Gasteiger partial charge in [0.05, 0.1) is 17.8 Å². The van der Waals surface area contributed by atoms with Crippen molar-refractivity contribution in [2.75, 3.05) is 0 Å². The third-order valence-electron chi connectivity index (χ3n) is 6.16. The van der Waals surface area contributed by atoms with Crippen LogP contribution in [0.3, 0.4) is 0 Å². The molecular weight excluding hydrogens is 428 g/mol. The van der Waals surface area contributed by atoms with Gasteiger partial charge in [0, 0.05) is 18.1 Å². The number of cyclic esters (lactones) is 1. The Morgan fingerprint density at radius 2 is 1.78 bits per heavy atom. The zero-order chi connectivity index (χ0) is 23.2. The first kappa shape index (κ1) is 20.6. The van der Waals surface area contributed by atoms with Crippen LogP contribution < -0.4 is 9.47 Å². The maximum Gasteiger partial charge on any atom is 0.351 e. The van der Waals surface area contributed by atoms with Gasteiger partial charge >= 0.3 is 5.97 Å². The number of fused-ring (bicyclic) bond motifs is 5. The fourth-order valence-electron chi connectivity index (χ4n) is 4.58. The van der Waals surface area contributed by atoms with Gasteiger partial charge < -0.3 is 50.0 Å². The summed E-state index contributed by atoms with van der Waals surface area (Å²) < 4.78 is 16.3. The highest BCUT2D eigenvalue weighted by Crippen LogP contribution is 2.60. The van der Waals surface area contributed by atoms with Crippen LogP contribution >= 0.6 is 0 Å². The molecule has 0 spiro atoms. The van der Waals surface area contributed by atoms with E-state index in [4.69, 9.17) is 14.2 Å². The first-order chi connectivity index (χ1) is 15.0. The third-order valence-corrected chi connectivity index (χ3v) is 6.16. The van der Waals surface area contributed by atoms with Crippen LogP contribution in [0.25, 0.3) is 0 Å². The molecule has 5 rings (SSSR count). The molecule has 2 unspecified atom stereocenters. The van der Waals surface area contributed by atoms with E-state index < -0.39 is 47.5 Å². The summed E-state index contributed by atoms with van der Waals surface area (Å²) in [6, 6.07) is 4.83. The van der Waals surface area contributed by atoms with Crippen LogP contribution in [0.1, 0.15) is 29.7 Å². The van der Waals surface area contributed by atoms with Crippen LogP contribution in [0.2, 0.25) is 0 Å². The van der Waals surface area contributed by atoms with Crippen molar-refractivity contribution in [3.63, 3.8) is 0 Å². The van der Waals surface area contributed by atoms with E-state index >= 15 is 0 Å². The van der Waals surface area contributed by atoms with Crippen molar-refractivity contribution in [2.45, 2.75) is 49.1 Å². The Bertz CT molecular complexity index is 1150. The molecule has 0 saturated carbocycles. The lowest BCUT2D eigenvalue weighted by molar-refractivity contribution is -0.247. The van der Waals surface area contributed by atoms with Gasteiger partial charge in [-0.2, -0.15) is 0 Å². The predicted octanol–water partition coefficient (Wildman–Crippen LogP) is -0.585. The highest BCUT2D eigenvalue weighted by Gasteiger charge is 2.77. The zero-order valence-corrected chi connectivity index (χ0v) is 16.6. The van der Waals surface area contributed by atoms with Gasteiger partial charge in [0.15, 0.2) is 17.6 Å². The van der Waals surface area contributed by atoms with E-state index in [0.29, 0.717) is 0 Å². The molecule has 0 bridgehead atoms. The largest absolute Gasteiger partial charge is 0.507 e. The van der Waals surface area contributed by atoms with Crippen molar-refractivity contribution in [2.24, 2.45) is 0 Å². The van der Waals surface area contributed by atoms with Crippen molar-refractivity contribution in [3.05, 3.63) is 41.0 Å². The van der Waals surface area contributed by atoms with Crippen LogP contribution in [0, 0.1) is 0 Å². The second kappa shape index (κ2) is 6.39. The summed E-state index contributed by atoms with van der Waals surface area (Å²) >= 11 is 0. The maximum absolute atomic E-state index is 12.7. The number of rotatable bonds is 2. The number of aliphatic hydroxyl groups is 4. The number of phenols is 3. The molecule has 1 saturated heterocycles. The van der Waals surface area contributed by atoms with Crippen LogP contribution in [0.15, 0.2) is 24.3 Å². The van der Waals surface area contributed by atoms with E-state index in [9.17, 15) is 40.5 Å². The predicted molar refractivity (Wildman–Crippen MR) is 102 cm³/mol. The van der Waals surface area contributed by atoms with Gasteiger partial charge in [-0.1, -0.05) is 6.07 Å². The zero-order valence-electron chi connectivity index (χ0n) is 16.6. The standard InChI is InChI=1S/C21H20O11/c1-7(22)18-21(29)20(28,19(27)31-18)15-14(32-21)6-11(24)9-5-13(26)16(30-17(9)15)8-2-3-10(23)12(25)4-8/h2-4,6-7,13,16,18,22-26,28-29H,5H2,1H3/t7-,13+,16+,18-,20?,21?/m0/s1. The molecule has 32 heavy (non-hydrogen) atoms. The molecule has 3 aliphatic rings. The molecule has 3 aliphatic heterocycles. The molecule has 2 aromatic rings. The molecule has 0 amide bonds. The average molecular weight is 448 g/mol. The minimum atomic E-state index is -2.79. The Hall–Kier alpha value is -3.25. The quantitative estimate of drug-likeness (QED) is 0.230. The average Bonchev–Trinajstić information content (AvgIpc) is 3.07. The minimum absolute atomic E-state index is 0.0464. The monoisotopic (exact) mass is 448 g/mol. The fourth-order valence-corrected chi connectivity index (χ4v) is 4.58. The Kier molecular flexibility index (Phi) is 4.12. The molecule has 0 radical (unpaired) electrons. The molecule has 0 aromatic heterocycles. The second-order valence-electron chi connectivity index (χ2n) is 8.21. The first-order valence-corrected chi connectivity index (χ1v) is 9.78. The number of ether oxygens (including phenoxy) is 3. The van der Waals surface area contributed by atoms with Gasteiger partial charge in [-0.3, -0.25) is 0 Å². The van der Waals surface area contributed by atoms with Gasteiger partial charge in [0.1, 0.15) is 23.4 Å². The maximum atomic E-state index is 12.7. The van der Waals surface area contributed by atoms with Gasteiger partial charge in [-0.05, 0) is 24.6 Å². The van der Waals surface area contributed by atoms with E-state index in [1.807, 2.05) is 0 Å². The number of aromatic hydroxyl groups is 3. The topological polar surface area (TPSA) is 186 Å². The number of esters is 1. The highest BCUT2D eigenvalue weighted by atomic mass is 16.7. The minimum Gasteiger partial charge on any atom is -0.507 e. The third kappa shape index (κ3) is 2.41. The van der Waals surface area contributed by atoms with Crippen molar-refractivity contribution in [3.8, 4) is 28.7 Å². The molecule has 170 valence electrons. The van der Waals surface area contributed by atoms with E-state index in [2.05, 4.69) is 0 Å². The number of phenolic OH excluding ortho intramolecular Hbond substituents is 3.